The highest BCUT2D eigenvalue weighted by Gasteiger charge is 2.30. The molecule has 0 bridgehead atoms. The highest BCUT2D eigenvalue weighted by atomic mass is 16.7. The van der Waals surface area contributed by atoms with E-state index in [1.165, 1.54) is 32.1 Å². The zero-order valence-corrected chi connectivity index (χ0v) is 9.96. The molecule has 0 N–H and O–H groups in total. The summed E-state index contributed by atoms with van der Waals surface area (Å²) in [6.07, 6.45) is 7.97. The Morgan fingerprint density at radius 2 is 2.00 bits per heavy atom. The average molecular weight is 199 g/mol. The Kier molecular flexibility index (Phi) is 5.49. The summed E-state index contributed by atoms with van der Waals surface area (Å²) >= 11 is 0. The lowest BCUT2D eigenvalue weighted by molar-refractivity contribution is -0.164. The van der Waals surface area contributed by atoms with Crippen LogP contribution in [0.5, 0.6) is 0 Å². The first-order valence-electron chi connectivity index (χ1n) is 6.25. The van der Waals surface area contributed by atoms with Crippen LogP contribution in [-0.4, -0.2) is 23.8 Å². The molecular weight excluding hydrogens is 174 g/mol. The molecule has 2 heteroatoms. The predicted molar refractivity (Wildman–Crippen MR) is 60.1 cm³/mol. The summed E-state index contributed by atoms with van der Waals surface area (Å²) in [6.45, 7) is 7.84. The second kappa shape index (κ2) is 6.41. The monoisotopic (exact) mass is 199 g/mol. The van der Waals surface area contributed by atoms with Crippen molar-refractivity contribution in [2.75, 3.05) is 6.54 Å². The standard InChI is InChI=1S/C12H25NO/c1-4-7-9-13-11(8-5-2)10-12(6-3)14-13/h11-12H,4-10H2,1-3H3. The number of hydrogen-bond acceptors (Lipinski definition) is 2. The van der Waals surface area contributed by atoms with Gasteiger partial charge in [0.15, 0.2) is 0 Å². The first-order valence-corrected chi connectivity index (χ1v) is 6.25. The van der Waals surface area contributed by atoms with E-state index < -0.39 is 0 Å². The van der Waals surface area contributed by atoms with E-state index >= 15 is 0 Å². The summed E-state index contributed by atoms with van der Waals surface area (Å²) in [6, 6.07) is 0.691. The van der Waals surface area contributed by atoms with Crippen molar-refractivity contribution in [2.45, 2.75) is 71.4 Å². The Bertz CT molecular complexity index is 149. The van der Waals surface area contributed by atoms with Crippen molar-refractivity contribution in [3.05, 3.63) is 0 Å². The Morgan fingerprint density at radius 1 is 1.21 bits per heavy atom. The van der Waals surface area contributed by atoms with Crippen molar-refractivity contribution >= 4 is 0 Å². The maximum absolute atomic E-state index is 5.91. The number of hydrogen-bond donors (Lipinski definition) is 0. The molecule has 1 rings (SSSR count). The van der Waals surface area contributed by atoms with Crippen molar-refractivity contribution in [3.63, 3.8) is 0 Å². The first kappa shape index (κ1) is 12.0. The van der Waals surface area contributed by atoms with Gasteiger partial charge in [-0.05, 0) is 25.7 Å². The average Bonchev–Trinajstić information content (AvgIpc) is 2.58. The van der Waals surface area contributed by atoms with Crippen LogP contribution in [0.1, 0.15) is 59.3 Å². The molecular formula is C12H25NO. The number of nitrogens with zero attached hydrogens (tertiary/aromatic N) is 1. The summed E-state index contributed by atoms with van der Waals surface area (Å²) in [7, 11) is 0. The molecule has 14 heavy (non-hydrogen) atoms. The van der Waals surface area contributed by atoms with Gasteiger partial charge in [0.1, 0.15) is 0 Å². The molecule has 0 saturated carbocycles. The van der Waals surface area contributed by atoms with E-state index in [0.717, 1.165) is 13.0 Å². The molecule has 0 spiro atoms. The van der Waals surface area contributed by atoms with E-state index in [0.29, 0.717) is 12.1 Å². The Labute approximate surface area is 88.6 Å². The van der Waals surface area contributed by atoms with E-state index in [1.54, 1.807) is 0 Å². The summed E-state index contributed by atoms with van der Waals surface area (Å²) in [5.41, 5.74) is 0. The summed E-state index contributed by atoms with van der Waals surface area (Å²) < 4.78 is 0. The van der Waals surface area contributed by atoms with E-state index in [9.17, 15) is 0 Å². The molecule has 1 saturated heterocycles. The number of hydroxylamine groups is 2. The van der Waals surface area contributed by atoms with Gasteiger partial charge in [-0.1, -0.05) is 33.6 Å². The topological polar surface area (TPSA) is 12.5 Å². The molecule has 0 radical (unpaired) electrons. The van der Waals surface area contributed by atoms with Crippen LogP contribution < -0.4 is 0 Å². The largest absolute Gasteiger partial charge is 0.295 e. The minimum Gasteiger partial charge on any atom is -0.295 e. The quantitative estimate of drug-likeness (QED) is 0.650. The lowest BCUT2D eigenvalue weighted by Crippen LogP contribution is -2.29. The van der Waals surface area contributed by atoms with E-state index in [-0.39, 0.29) is 0 Å². The molecule has 0 aromatic carbocycles. The molecule has 1 heterocycles. The number of unbranched alkanes of at least 4 members (excludes halogenated alkanes) is 1. The normalized spacial score (nSPS) is 28.5. The predicted octanol–water partition coefficient (Wildman–Crippen LogP) is 3.37. The molecule has 1 aliphatic rings. The molecule has 0 amide bonds. The van der Waals surface area contributed by atoms with Gasteiger partial charge in [-0.2, -0.15) is 5.06 Å². The third kappa shape index (κ3) is 3.25. The molecule has 84 valence electrons. The fraction of sp³-hybridized carbons (Fsp3) is 1.00. The van der Waals surface area contributed by atoms with Gasteiger partial charge < -0.3 is 0 Å². The van der Waals surface area contributed by atoms with Gasteiger partial charge in [0.2, 0.25) is 0 Å². The zero-order chi connectivity index (χ0) is 10.4. The van der Waals surface area contributed by atoms with E-state index in [1.807, 2.05) is 0 Å². The molecule has 0 aromatic rings. The van der Waals surface area contributed by atoms with Gasteiger partial charge in [0, 0.05) is 12.6 Å². The van der Waals surface area contributed by atoms with Crippen LogP contribution in [0, 0.1) is 0 Å². The Balaban J connectivity index is 2.36. The van der Waals surface area contributed by atoms with Gasteiger partial charge in [-0.3, -0.25) is 4.84 Å². The lowest BCUT2D eigenvalue weighted by Gasteiger charge is -2.21. The van der Waals surface area contributed by atoms with Crippen molar-refractivity contribution in [2.24, 2.45) is 0 Å². The molecule has 1 fully saturated rings. The summed E-state index contributed by atoms with van der Waals surface area (Å²) in [5.74, 6) is 0. The fourth-order valence-corrected chi connectivity index (χ4v) is 2.13. The fourth-order valence-electron chi connectivity index (χ4n) is 2.13. The van der Waals surface area contributed by atoms with Crippen molar-refractivity contribution in [1.29, 1.82) is 0 Å². The highest BCUT2D eigenvalue weighted by Crippen LogP contribution is 2.26. The van der Waals surface area contributed by atoms with Crippen LogP contribution in [-0.2, 0) is 4.84 Å². The maximum atomic E-state index is 5.91. The molecule has 2 unspecified atom stereocenters. The van der Waals surface area contributed by atoms with Gasteiger partial charge >= 0.3 is 0 Å². The summed E-state index contributed by atoms with van der Waals surface area (Å²) in [4.78, 5) is 5.91. The van der Waals surface area contributed by atoms with E-state index in [2.05, 4.69) is 25.8 Å². The van der Waals surface area contributed by atoms with Crippen LogP contribution in [0.2, 0.25) is 0 Å². The van der Waals surface area contributed by atoms with Gasteiger partial charge in [0.25, 0.3) is 0 Å². The second-order valence-electron chi connectivity index (χ2n) is 4.31. The zero-order valence-electron chi connectivity index (χ0n) is 9.96. The lowest BCUT2D eigenvalue weighted by atomic mass is 10.0. The molecule has 2 nitrogen and oxygen atoms in total. The van der Waals surface area contributed by atoms with Crippen molar-refractivity contribution in [3.8, 4) is 0 Å². The third-order valence-electron chi connectivity index (χ3n) is 3.04. The molecule has 0 aliphatic carbocycles. The highest BCUT2D eigenvalue weighted by molar-refractivity contribution is 4.76. The minimum absolute atomic E-state index is 0.489. The smallest absolute Gasteiger partial charge is 0.0806 e. The van der Waals surface area contributed by atoms with Crippen LogP contribution >= 0.6 is 0 Å². The molecule has 2 atom stereocenters. The van der Waals surface area contributed by atoms with Crippen LogP contribution in [0.3, 0.4) is 0 Å². The maximum Gasteiger partial charge on any atom is 0.0806 e. The Morgan fingerprint density at radius 3 is 2.57 bits per heavy atom. The van der Waals surface area contributed by atoms with Crippen LogP contribution in [0.25, 0.3) is 0 Å². The molecule has 1 aliphatic heterocycles. The summed E-state index contributed by atoms with van der Waals surface area (Å²) in [5, 5.41) is 2.25. The SMILES string of the molecule is CCCCN1OC(CC)CC1CCC. The van der Waals surface area contributed by atoms with Gasteiger partial charge in [0.05, 0.1) is 6.10 Å². The third-order valence-corrected chi connectivity index (χ3v) is 3.04. The number of rotatable bonds is 6. The van der Waals surface area contributed by atoms with Gasteiger partial charge in [-0.15, -0.1) is 0 Å². The van der Waals surface area contributed by atoms with Gasteiger partial charge in [-0.25, -0.2) is 0 Å². The van der Waals surface area contributed by atoms with Crippen molar-refractivity contribution < 1.29 is 4.84 Å². The van der Waals surface area contributed by atoms with Crippen LogP contribution in [0.4, 0.5) is 0 Å². The van der Waals surface area contributed by atoms with Crippen molar-refractivity contribution in [1.82, 2.24) is 5.06 Å². The second-order valence-corrected chi connectivity index (χ2v) is 4.31. The minimum atomic E-state index is 0.489. The first-order chi connectivity index (χ1) is 6.81. The Hall–Kier alpha value is -0.0800. The van der Waals surface area contributed by atoms with Crippen LogP contribution in [0.15, 0.2) is 0 Å². The molecule has 0 aromatic heterocycles. The van der Waals surface area contributed by atoms with E-state index in [4.69, 9.17) is 4.84 Å².